The minimum Gasteiger partial charge on any atom is -0.465 e. The Morgan fingerprint density at radius 1 is 1.03 bits per heavy atom. The summed E-state index contributed by atoms with van der Waals surface area (Å²) in [5, 5.41) is 16.4. The number of fused-ring (bicyclic) bond motifs is 2. The van der Waals surface area contributed by atoms with E-state index in [1.807, 2.05) is 30.9 Å². The largest absolute Gasteiger partial charge is 0.465 e. The van der Waals surface area contributed by atoms with Gasteiger partial charge in [-0.3, -0.25) is 23.7 Å². The highest BCUT2D eigenvalue weighted by Crippen LogP contribution is 2.59. The van der Waals surface area contributed by atoms with Crippen molar-refractivity contribution in [1.29, 1.82) is 5.26 Å². The maximum atomic E-state index is 16.6. The van der Waals surface area contributed by atoms with E-state index in [9.17, 15) is 29.0 Å². The topological polar surface area (TPSA) is 158 Å². The molecule has 0 bridgehead atoms. The lowest BCUT2D eigenvalue weighted by Gasteiger charge is -2.35. The van der Waals surface area contributed by atoms with Crippen molar-refractivity contribution in [3.05, 3.63) is 100 Å². The Morgan fingerprint density at radius 3 is 2.49 bits per heavy atom. The number of hydrogen-bond donors (Lipinski definition) is 2. The van der Waals surface area contributed by atoms with Gasteiger partial charge in [-0.05, 0) is 112 Å². The van der Waals surface area contributed by atoms with Gasteiger partial charge < -0.3 is 24.4 Å². The summed E-state index contributed by atoms with van der Waals surface area (Å²) < 4.78 is 42.5. The van der Waals surface area contributed by atoms with E-state index in [0.717, 1.165) is 30.4 Å². The molecule has 0 radical (unpaired) electrons. The summed E-state index contributed by atoms with van der Waals surface area (Å²) in [6.07, 6.45) is 5.17. The molecule has 1 spiro atoms. The molecule has 1 unspecified atom stereocenters. The molecule has 61 heavy (non-hydrogen) atoms. The summed E-state index contributed by atoms with van der Waals surface area (Å²) in [5.74, 6) is -4.03. The average molecular weight is 868 g/mol. The molecule has 15 heteroatoms. The van der Waals surface area contributed by atoms with Crippen LogP contribution < -0.4 is 14.9 Å². The number of aryl methyl sites for hydroxylation is 1. The summed E-state index contributed by atoms with van der Waals surface area (Å²) >= 11 is 1.18. The molecule has 4 aliphatic rings. The van der Waals surface area contributed by atoms with E-state index in [0.29, 0.717) is 53.6 Å². The lowest BCUT2D eigenvalue weighted by Crippen LogP contribution is -2.56. The van der Waals surface area contributed by atoms with E-state index < -0.39 is 49.0 Å². The lowest BCUT2D eigenvalue weighted by atomic mass is 9.85. The molecular weight excluding hydrogens is 817 g/mol. The number of hydrogen-bond acceptors (Lipinski definition) is 9. The van der Waals surface area contributed by atoms with Gasteiger partial charge in [-0.25, -0.2) is 9.48 Å². The highest BCUT2D eigenvalue weighted by Gasteiger charge is 2.64. The third-order valence-electron chi connectivity index (χ3n) is 12.7. The number of halogens is 1. The van der Waals surface area contributed by atoms with Crippen LogP contribution >= 0.6 is 18.9 Å². The highest BCUT2D eigenvalue weighted by molar-refractivity contribution is 7.57. The van der Waals surface area contributed by atoms with E-state index in [1.54, 1.807) is 47.4 Å². The molecule has 8 rings (SSSR count). The first-order valence-corrected chi connectivity index (χ1v) is 23.7. The molecule has 3 aromatic carbocycles. The Bertz CT molecular complexity index is 2400. The van der Waals surface area contributed by atoms with Crippen LogP contribution in [-0.2, 0) is 23.7 Å². The fraction of sp³-hybridized carbons (Fsp3) is 0.457. The van der Waals surface area contributed by atoms with Crippen LogP contribution in [0.3, 0.4) is 0 Å². The van der Waals surface area contributed by atoms with E-state index >= 15 is 4.39 Å². The number of rotatable bonds is 13. The van der Waals surface area contributed by atoms with Crippen molar-refractivity contribution >= 4 is 52.6 Å². The van der Waals surface area contributed by atoms with Crippen LogP contribution in [0.15, 0.2) is 78.9 Å². The number of thiophene rings is 1. The number of alkyl halides is 1. The number of nitrogens with one attached hydrogen (secondary N) is 2. The summed E-state index contributed by atoms with van der Waals surface area (Å²) in [6, 6.07) is 22.3. The van der Waals surface area contributed by atoms with Gasteiger partial charge in [0.25, 0.3) is 5.91 Å². The average Bonchev–Trinajstić information content (AvgIpc) is 3.63. The van der Waals surface area contributed by atoms with Gasteiger partial charge in [0.1, 0.15) is 23.9 Å². The van der Waals surface area contributed by atoms with Crippen LogP contribution in [0, 0.1) is 24.2 Å². The molecule has 2 N–H and O–H groups in total. The first-order chi connectivity index (χ1) is 29.4. The van der Waals surface area contributed by atoms with Crippen molar-refractivity contribution < 1.29 is 37.4 Å². The van der Waals surface area contributed by atoms with E-state index in [4.69, 9.17) is 9.26 Å². The molecule has 1 aliphatic carbocycles. The Hall–Kier alpha value is -5.09. The Labute approximate surface area is 359 Å². The molecule has 4 heterocycles. The first kappa shape index (κ1) is 42.6. The predicted molar refractivity (Wildman–Crippen MR) is 230 cm³/mol. The van der Waals surface area contributed by atoms with Crippen LogP contribution in [0.25, 0.3) is 10.1 Å². The predicted octanol–water partition coefficient (Wildman–Crippen LogP) is 8.32. The second kappa shape index (κ2) is 17.3. The Morgan fingerprint density at radius 2 is 1.79 bits per heavy atom. The fourth-order valence-corrected chi connectivity index (χ4v) is 12.3. The van der Waals surface area contributed by atoms with Crippen molar-refractivity contribution in [3.63, 3.8) is 0 Å². The van der Waals surface area contributed by atoms with E-state index in [1.165, 1.54) is 30.4 Å². The van der Waals surface area contributed by atoms with Gasteiger partial charge in [0.05, 0.1) is 29.0 Å². The monoisotopic (exact) mass is 867 g/mol. The summed E-state index contributed by atoms with van der Waals surface area (Å²) in [5.41, 5.74) is 1.67. The zero-order valence-corrected chi connectivity index (χ0v) is 36.3. The maximum Gasteiger partial charge on any atom is 0.355 e. The number of benzene rings is 3. The van der Waals surface area contributed by atoms with Crippen molar-refractivity contribution in [2.45, 2.75) is 114 Å². The number of ether oxygens (including phenoxy) is 1. The second-order valence-corrected chi connectivity index (χ2v) is 20.1. The van der Waals surface area contributed by atoms with Gasteiger partial charge in [0.2, 0.25) is 17.7 Å². The number of amides is 3. The normalized spacial score (nSPS) is 24.9. The van der Waals surface area contributed by atoms with Gasteiger partial charge >= 0.3 is 13.5 Å². The maximum absolute atomic E-state index is 16.6. The van der Waals surface area contributed by atoms with E-state index in [-0.39, 0.29) is 47.6 Å². The van der Waals surface area contributed by atoms with Crippen molar-refractivity contribution in [2.24, 2.45) is 5.92 Å². The van der Waals surface area contributed by atoms with Gasteiger partial charge in [-0.15, -0.1) is 11.3 Å². The van der Waals surface area contributed by atoms with E-state index in [2.05, 4.69) is 28.6 Å². The fourth-order valence-electron chi connectivity index (χ4n) is 9.46. The van der Waals surface area contributed by atoms with Gasteiger partial charge in [-0.1, -0.05) is 61.0 Å². The highest BCUT2D eigenvalue weighted by atomic mass is 32.1. The number of likely N-dealkylation sites (tertiary alicyclic amines) is 1. The van der Waals surface area contributed by atoms with Gasteiger partial charge in [-0.2, -0.15) is 5.26 Å². The van der Waals surface area contributed by atoms with Gasteiger partial charge in [0, 0.05) is 23.2 Å². The van der Waals surface area contributed by atoms with Crippen molar-refractivity contribution in [3.8, 4) is 11.8 Å². The van der Waals surface area contributed by atoms with Crippen LogP contribution in [0.4, 0.5) is 4.39 Å². The summed E-state index contributed by atoms with van der Waals surface area (Å²) in [7, 11) is -4.45. The molecule has 3 aliphatic heterocycles. The molecule has 12 nitrogen and oxygen atoms in total. The smallest absolute Gasteiger partial charge is 0.355 e. The summed E-state index contributed by atoms with van der Waals surface area (Å²) in [6.45, 7) is 5.88. The van der Waals surface area contributed by atoms with Crippen molar-refractivity contribution in [1.82, 2.24) is 20.2 Å². The molecule has 3 saturated heterocycles. The van der Waals surface area contributed by atoms with Crippen LogP contribution in [0.2, 0.25) is 0 Å². The van der Waals surface area contributed by atoms with Crippen LogP contribution in [-0.4, -0.2) is 76.3 Å². The van der Waals surface area contributed by atoms with Gasteiger partial charge in [0.15, 0.2) is 0 Å². The third-order valence-corrected chi connectivity index (χ3v) is 16.0. The molecule has 4 aromatic rings. The standard InChI is InChI=1S/C46H51FN5O7PS/c1-4-23-58-45(56)29(3)50-60(57,59-34-10-6-5-7-11-34)41(47)31-17-20-39-32(24-31)25-40(61-39)42(53)49-37-12-8-9-33-18-19-38(52(33)43(37)54)44(55)51-27-35(30-15-13-28(2)14-16-30)36(26-48)46(51)21-22-46/h5-7,10-11,13-17,20,24-25,29,33,35-38,41H,4,8-9,12,18-19,21-23,27H2,1-3H3,(H,49,53)(H,50,57)/t29-,33-,35+,36+,37-,38-,41+,60?/m0/s1. The zero-order chi connectivity index (χ0) is 43.1. The number of nitrogens with zero attached hydrogens (tertiary/aromatic N) is 3. The van der Waals surface area contributed by atoms with Crippen LogP contribution in [0.5, 0.6) is 5.75 Å². The molecule has 8 atom stereocenters. The lowest BCUT2D eigenvalue weighted by molar-refractivity contribution is -0.147. The minimum atomic E-state index is -4.45. The second-order valence-electron chi connectivity index (χ2n) is 16.9. The first-order valence-electron chi connectivity index (χ1n) is 21.2. The molecular formula is C46H51FN5O7PS. The number of para-hydroxylation sites is 1. The number of esters is 1. The molecule has 4 fully saturated rings. The van der Waals surface area contributed by atoms with Crippen LogP contribution in [0.1, 0.15) is 103 Å². The number of carbonyl (C=O) groups excluding carboxylic acids is 4. The number of nitriles is 1. The minimum absolute atomic E-state index is 0.0186. The SMILES string of the molecule is CCCOC(=O)[C@H](C)NP(=O)(Oc1ccccc1)[C@@H](F)c1ccc2sc(C(=O)N[C@H]3CCC[C@H]4CC[C@@H](C(=O)N5C[C@H](c6ccc(C)cc6)[C@@H](C#N)C56CC6)N4C3=O)cc2c1. The number of carbonyl (C=O) groups is 4. The molecule has 320 valence electrons. The van der Waals surface area contributed by atoms with Crippen molar-refractivity contribution in [2.75, 3.05) is 13.2 Å². The molecule has 3 amide bonds. The summed E-state index contributed by atoms with van der Waals surface area (Å²) in [4.78, 5) is 59.4. The quantitative estimate of drug-likeness (QED) is 0.0996. The molecule has 1 aromatic heterocycles. The Kier molecular flexibility index (Phi) is 12.1. The molecule has 1 saturated carbocycles. The Balaban J connectivity index is 0.979. The zero-order valence-electron chi connectivity index (χ0n) is 34.6. The third kappa shape index (κ3) is 8.32.